The molecule has 2 rings (SSSR count). The van der Waals surface area contributed by atoms with Gasteiger partial charge in [0.2, 0.25) is 0 Å². The van der Waals surface area contributed by atoms with Crippen LogP contribution in [-0.4, -0.2) is 11.5 Å². The van der Waals surface area contributed by atoms with Crippen LogP contribution in [0.1, 0.15) is 30.9 Å². The summed E-state index contributed by atoms with van der Waals surface area (Å²) < 4.78 is 0. The van der Waals surface area contributed by atoms with E-state index in [-0.39, 0.29) is 0 Å². The highest BCUT2D eigenvalue weighted by Gasteiger charge is 2.32. The first-order valence-corrected chi connectivity index (χ1v) is 5.37. The molecule has 0 saturated carbocycles. The molecule has 0 aromatic carbocycles. The third-order valence-corrected chi connectivity index (χ3v) is 3.45. The summed E-state index contributed by atoms with van der Waals surface area (Å²) in [6, 6.07) is 2.15. The minimum Gasteiger partial charge on any atom is -0.330 e. The van der Waals surface area contributed by atoms with Gasteiger partial charge in [-0.05, 0) is 47.9 Å². The van der Waals surface area contributed by atoms with Crippen molar-refractivity contribution >= 4 is 0 Å². The van der Waals surface area contributed by atoms with Gasteiger partial charge in [0.1, 0.15) is 0 Å². The van der Waals surface area contributed by atoms with E-state index in [1.165, 1.54) is 17.5 Å². The summed E-state index contributed by atoms with van der Waals surface area (Å²) in [5, 5.41) is 0. The van der Waals surface area contributed by atoms with Crippen molar-refractivity contribution in [3.05, 3.63) is 29.6 Å². The standard InChI is InChI=1S/C12H18N2/c1-8-5-10-3-4-14-7-11(10)12(8)9(2)6-13/h3-4,7-9,12H,5-6,13H2,1-2H3. The maximum atomic E-state index is 5.75. The molecule has 0 aliphatic heterocycles. The van der Waals surface area contributed by atoms with E-state index in [0.717, 1.165) is 6.54 Å². The summed E-state index contributed by atoms with van der Waals surface area (Å²) in [4.78, 5) is 4.22. The molecule has 3 unspecified atom stereocenters. The molecule has 76 valence electrons. The van der Waals surface area contributed by atoms with Gasteiger partial charge in [-0.2, -0.15) is 0 Å². The molecule has 1 aromatic rings. The van der Waals surface area contributed by atoms with Crippen LogP contribution in [0.3, 0.4) is 0 Å². The lowest BCUT2D eigenvalue weighted by atomic mass is 9.83. The van der Waals surface area contributed by atoms with Gasteiger partial charge in [0, 0.05) is 12.4 Å². The molecule has 0 radical (unpaired) electrons. The second kappa shape index (κ2) is 3.70. The molecule has 0 spiro atoms. The molecule has 0 fully saturated rings. The minimum atomic E-state index is 0.565. The zero-order chi connectivity index (χ0) is 10.1. The first kappa shape index (κ1) is 9.66. The van der Waals surface area contributed by atoms with E-state index < -0.39 is 0 Å². The van der Waals surface area contributed by atoms with Gasteiger partial charge in [0.15, 0.2) is 0 Å². The Labute approximate surface area is 85.5 Å². The van der Waals surface area contributed by atoms with Gasteiger partial charge in [-0.25, -0.2) is 0 Å². The van der Waals surface area contributed by atoms with E-state index >= 15 is 0 Å². The zero-order valence-corrected chi connectivity index (χ0v) is 8.90. The molecular formula is C12H18N2. The van der Waals surface area contributed by atoms with Gasteiger partial charge < -0.3 is 5.73 Å². The minimum absolute atomic E-state index is 0.565. The van der Waals surface area contributed by atoms with Crippen LogP contribution in [0.5, 0.6) is 0 Å². The fraction of sp³-hybridized carbons (Fsp3) is 0.583. The van der Waals surface area contributed by atoms with Gasteiger partial charge in [0.25, 0.3) is 0 Å². The maximum absolute atomic E-state index is 5.75. The molecule has 1 aliphatic rings. The second-order valence-electron chi connectivity index (χ2n) is 4.49. The van der Waals surface area contributed by atoms with E-state index in [1.807, 2.05) is 12.4 Å². The summed E-state index contributed by atoms with van der Waals surface area (Å²) >= 11 is 0. The van der Waals surface area contributed by atoms with Gasteiger partial charge in [0.05, 0.1) is 0 Å². The molecule has 1 aliphatic carbocycles. The van der Waals surface area contributed by atoms with Gasteiger partial charge in [-0.15, -0.1) is 0 Å². The monoisotopic (exact) mass is 190 g/mol. The summed E-state index contributed by atoms with van der Waals surface area (Å²) in [5.41, 5.74) is 8.65. The molecule has 0 saturated heterocycles. The smallest absolute Gasteiger partial charge is 0.0305 e. The SMILES string of the molecule is CC(CN)C1c2cnccc2CC1C. The highest BCUT2D eigenvalue weighted by Crippen LogP contribution is 2.41. The average molecular weight is 190 g/mol. The third-order valence-electron chi connectivity index (χ3n) is 3.45. The fourth-order valence-electron chi connectivity index (χ4n) is 2.72. The number of hydrogen-bond donors (Lipinski definition) is 1. The lowest BCUT2D eigenvalue weighted by Crippen LogP contribution is -2.21. The van der Waals surface area contributed by atoms with Gasteiger partial charge in [-0.1, -0.05) is 13.8 Å². The molecule has 3 atom stereocenters. The van der Waals surface area contributed by atoms with Crippen LogP contribution in [0.2, 0.25) is 0 Å². The average Bonchev–Trinajstić information content (AvgIpc) is 2.53. The van der Waals surface area contributed by atoms with E-state index in [2.05, 4.69) is 24.9 Å². The fourth-order valence-corrected chi connectivity index (χ4v) is 2.72. The Morgan fingerprint density at radius 3 is 3.14 bits per heavy atom. The number of hydrogen-bond acceptors (Lipinski definition) is 2. The Bertz CT molecular complexity index is 318. The molecule has 0 amide bonds. The quantitative estimate of drug-likeness (QED) is 0.774. The number of nitrogens with two attached hydrogens (primary N) is 1. The van der Waals surface area contributed by atoms with Crippen molar-refractivity contribution in [2.45, 2.75) is 26.2 Å². The zero-order valence-electron chi connectivity index (χ0n) is 8.90. The van der Waals surface area contributed by atoms with Crippen molar-refractivity contribution < 1.29 is 0 Å². The number of fused-ring (bicyclic) bond motifs is 1. The van der Waals surface area contributed by atoms with Gasteiger partial charge in [-0.3, -0.25) is 4.98 Å². The van der Waals surface area contributed by atoms with Crippen LogP contribution in [0.15, 0.2) is 18.5 Å². The summed E-state index contributed by atoms with van der Waals surface area (Å²) in [6.07, 6.45) is 5.10. The molecular weight excluding hydrogens is 172 g/mol. The van der Waals surface area contributed by atoms with E-state index in [9.17, 15) is 0 Å². The van der Waals surface area contributed by atoms with Crippen molar-refractivity contribution in [1.82, 2.24) is 4.98 Å². The summed E-state index contributed by atoms with van der Waals surface area (Å²) in [5.74, 6) is 1.90. The van der Waals surface area contributed by atoms with Crippen LogP contribution in [0.25, 0.3) is 0 Å². The van der Waals surface area contributed by atoms with E-state index in [1.54, 1.807) is 0 Å². The number of nitrogens with zero attached hydrogens (tertiary/aromatic N) is 1. The van der Waals surface area contributed by atoms with E-state index in [4.69, 9.17) is 5.73 Å². The van der Waals surface area contributed by atoms with Crippen molar-refractivity contribution in [2.24, 2.45) is 17.6 Å². The topological polar surface area (TPSA) is 38.9 Å². The first-order chi connectivity index (χ1) is 6.74. The number of aromatic nitrogens is 1. The highest BCUT2D eigenvalue weighted by atomic mass is 14.6. The molecule has 14 heavy (non-hydrogen) atoms. The van der Waals surface area contributed by atoms with Crippen molar-refractivity contribution in [2.75, 3.05) is 6.54 Å². The molecule has 2 N–H and O–H groups in total. The first-order valence-electron chi connectivity index (χ1n) is 5.37. The normalized spacial score (nSPS) is 27.4. The van der Waals surface area contributed by atoms with Crippen molar-refractivity contribution in [1.29, 1.82) is 0 Å². The molecule has 0 bridgehead atoms. The number of pyridine rings is 1. The Morgan fingerprint density at radius 2 is 2.43 bits per heavy atom. The summed E-state index contributed by atoms with van der Waals surface area (Å²) in [6.45, 7) is 5.32. The van der Waals surface area contributed by atoms with Crippen molar-refractivity contribution in [3.63, 3.8) is 0 Å². The molecule has 1 aromatic heterocycles. The number of rotatable bonds is 2. The lowest BCUT2D eigenvalue weighted by molar-refractivity contribution is 0.376. The Kier molecular flexibility index (Phi) is 2.55. The predicted molar refractivity (Wildman–Crippen MR) is 58.1 cm³/mol. The lowest BCUT2D eigenvalue weighted by Gasteiger charge is -2.22. The molecule has 2 nitrogen and oxygen atoms in total. The molecule has 1 heterocycles. The Morgan fingerprint density at radius 1 is 1.64 bits per heavy atom. The maximum Gasteiger partial charge on any atom is 0.0305 e. The second-order valence-corrected chi connectivity index (χ2v) is 4.49. The largest absolute Gasteiger partial charge is 0.330 e. The Hall–Kier alpha value is -0.890. The predicted octanol–water partition coefficient (Wildman–Crippen LogP) is 1.95. The molecule has 2 heteroatoms. The third kappa shape index (κ3) is 1.44. The Balaban J connectivity index is 2.34. The summed E-state index contributed by atoms with van der Waals surface area (Å²) in [7, 11) is 0. The van der Waals surface area contributed by atoms with Crippen LogP contribution in [-0.2, 0) is 6.42 Å². The van der Waals surface area contributed by atoms with E-state index in [0.29, 0.717) is 17.8 Å². The van der Waals surface area contributed by atoms with Crippen LogP contribution >= 0.6 is 0 Å². The van der Waals surface area contributed by atoms with Crippen LogP contribution in [0.4, 0.5) is 0 Å². The van der Waals surface area contributed by atoms with Gasteiger partial charge >= 0.3 is 0 Å². The van der Waals surface area contributed by atoms with Crippen LogP contribution in [0, 0.1) is 11.8 Å². The van der Waals surface area contributed by atoms with Crippen LogP contribution < -0.4 is 5.73 Å². The van der Waals surface area contributed by atoms with Crippen molar-refractivity contribution in [3.8, 4) is 0 Å². The highest BCUT2D eigenvalue weighted by molar-refractivity contribution is 5.33.